The van der Waals surface area contributed by atoms with Gasteiger partial charge in [-0.25, -0.2) is 9.48 Å². The van der Waals surface area contributed by atoms with Gasteiger partial charge in [0.15, 0.2) is 5.82 Å². The standard InChI is InChI=1S/C18H17F3N6OS/c1-25-7-6-14(24-25)12-4-8-26(9-5-12)16-10-22-27(17(28)23-16)11-13-2-3-15(29-13)18(19,20)21/h2-4,6-7,10H,5,8-9,11H2,1H3. The highest BCUT2D eigenvalue weighted by atomic mass is 32.1. The van der Waals surface area contributed by atoms with Crippen molar-refractivity contribution in [3.05, 3.63) is 62.6 Å². The number of alkyl halides is 3. The van der Waals surface area contributed by atoms with Crippen LogP contribution in [0.15, 0.2) is 41.5 Å². The van der Waals surface area contributed by atoms with E-state index in [0.717, 1.165) is 28.4 Å². The van der Waals surface area contributed by atoms with E-state index in [1.165, 1.54) is 12.3 Å². The van der Waals surface area contributed by atoms with Gasteiger partial charge in [-0.15, -0.1) is 11.3 Å². The van der Waals surface area contributed by atoms with Crippen molar-refractivity contribution in [3.63, 3.8) is 0 Å². The lowest BCUT2D eigenvalue weighted by Crippen LogP contribution is -2.33. The Morgan fingerprint density at radius 2 is 2.07 bits per heavy atom. The molecule has 0 bridgehead atoms. The van der Waals surface area contributed by atoms with Crippen molar-refractivity contribution in [2.24, 2.45) is 7.05 Å². The van der Waals surface area contributed by atoms with E-state index in [2.05, 4.69) is 15.2 Å². The summed E-state index contributed by atoms with van der Waals surface area (Å²) in [6.07, 6.45) is 1.78. The second-order valence-corrected chi connectivity index (χ2v) is 7.79. The largest absolute Gasteiger partial charge is 0.425 e. The second kappa shape index (κ2) is 7.47. The summed E-state index contributed by atoms with van der Waals surface area (Å²) in [6.45, 7) is 1.20. The molecule has 0 N–H and O–H groups in total. The Bertz CT molecular complexity index is 1110. The van der Waals surface area contributed by atoms with Crippen molar-refractivity contribution in [2.75, 3.05) is 18.0 Å². The fourth-order valence-corrected chi connectivity index (χ4v) is 3.93. The van der Waals surface area contributed by atoms with Crippen LogP contribution in [0, 0.1) is 0 Å². The molecular weight excluding hydrogens is 405 g/mol. The molecule has 0 fully saturated rings. The Morgan fingerprint density at radius 1 is 1.24 bits per heavy atom. The summed E-state index contributed by atoms with van der Waals surface area (Å²) in [5, 5.41) is 8.48. The van der Waals surface area contributed by atoms with Gasteiger partial charge in [-0.3, -0.25) is 4.68 Å². The first-order valence-electron chi connectivity index (χ1n) is 8.84. The average Bonchev–Trinajstić information content (AvgIpc) is 3.32. The normalized spacial score (nSPS) is 14.9. The van der Waals surface area contributed by atoms with E-state index in [-0.39, 0.29) is 6.54 Å². The molecule has 3 aromatic rings. The number of hydrogen-bond acceptors (Lipinski definition) is 6. The van der Waals surface area contributed by atoms with Crippen LogP contribution in [0.25, 0.3) is 5.57 Å². The highest BCUT2D eigenvalue weighted by Gasteiger charge is 2.32. The van der Waals surface area contributed by atoms with Crippen LogP contribution in [0.2, 0.25) is 0 Å². The molecule has 0 atom stereocenters. The molecule has 0 aliphatic carbocycles. The number of hydrogen-bond donors (Lipinski definition) is 0. The molecule has 7 nitrogen and oxygen atoms in total. The van der Waals surface area contributed by atoms with Crippen molar-refractivity contribution in [2.45, 2.75) is 19.1 Å². The summed E-state index contributed by atoms with van der Waals surface area (Å²) in [4.78, 5) is 18.0. The zero-order chi connectivity index (χ0) is 20.6. The summed E-state index contributed by atoms with van der Waals surface area (Å²) in [6, 6.07) is 4.31. The molecule has 0 aromatic carbocycles. The van der Waals surface area contributed by atoms with Gasteiger partial charge in [0.1, 0.15) is 4.88 Å². The van der Waals surface area contributed by atoms with E-state index < -0.39 is 16.7 Å². The topological polar surface area (TPSA) is 68.8 Å². The predicted octanol–water partition coefficient (Wildman–Crippen LogP) is 2.79. The fourth-order valence-electron chi connectivity index (χ4n) is 3.08. The first-order valence-corrected chi connectivity index (χ1v) is 9.65. The Labute approximate surface area is 167 Å². The van der Waals surface area contributed by atoms with E-state index in [0.29, 0.717) is 35.1 Å². The first kappa shape index (κ1) is 19.4. The van der Waals surface area contributed by atoms with Crippen molar-refractivity contribution in [3.8, 4) is 0 Å². The van der Waals surface area contributed by atoms with Crippen LogP contribution in [-0.4, -0.2) is 37.6 Å². The quantitative estimate of drug-likeness (QED) is 0.647. The molecule has 0 spiro atoms. The second-order valence-electron chi connectivity index (χ2n) is 6.62. The van der Waals surface area contributed by atoms with E-state index in [1.54, 1.807) is 4.68 Å². The molecule has 4 heterocycles. The minimum Gasteiger partial charge on any atom is -0.351 e. The Hall–Kier alpha value is -2.95. The SMILES string of the molecule is Cn1ccc(C2=CCN(c3cnn(Cc4ccc(C(F)(F)F)s4)c(=O)n3)CC2)n1. The summed E-state index contributed by atoms with van der Waals surface area (Å²) < 4.78 is 41.0. The van der Waals surface area contributed by atoms with Crippen LogP contribution in [0.4, 0.5) is 19.0 Å². The van der Waals surface area contributed by atoms with Gasteiger partial charge in [0.05, 0.1) is 18.4 Å². The molecule has 0 unspecified atom stereocenters. The summed E-state index contributed by atoms with van der Waals surface area (Å²) in [5.41, 5.74) is 1.48. The molecule has 3 aromatic heterocycles. The number of aryl methyl sites for hydroxylation is 1. The maximum atomic E-state index is 12.7. The van der Waals surface area contributed by atoms with E-state index in [4.69, 9.17) is 0 Å². The third-order valence-electron chi connectivity index (χ3n) is 4.57. The van der Waals surface area contributed by atoms with Gasteiger partial charge in [0, 0.05) is 31.2 Å². The number of thiophene rings is 1. The molecule has 1 aliphatic rings. The first-order chi connectivity index (χ1) is 13.8. The average molecular weight is 422 g/mol. The van der Waals surface area contributed by atoms with Gasteiger partial charge in [-0.1, -0.05) is 6.08 Å². The highest BCUT2D eigenvalue weighted by molar-refractivity contribution is 7.12. The van der Waals surface area contributed by atoms with Gasteiger partial charge in [0.25, 0.3) is 0 Å². The third-order valence-corrected chi connectivity index (χ3v) is 5.68. The van der Waals surface area contributed by atoms with Crippen molar-refractivity contribution in [1.82, 2.24) is 24.5 Å². The Morgan fingerprint density at radius 3 is 2.66 bits per heavy atom. The lowest BCUT2D eigenvalue weighted by atomic mass is 10.1. The van der Waals surface area contributed by atoms with Crippen LogP contribution in [0.1, 0.15) is 21.9 Å². The van der Waals surface area contributed by atoms with Gasteiger partial charge in [-0.2, -0.15) is 28.4 Å². The lowest BCUT2D eigenvalue weighted by molar-refractivity contribution is -0.134. The number of halogens is 3. The van der Waals surface area contributed by atoms with Crippen molar-refractivity contribution >= 4 is 22.7 Å². The van der Waals surface area contributed by atoms with Crippen LogP contribution in [0.5, 0.6) is 0 Å². The molecule has 29 heavy (non-hydrogen) atoms. The van der Waals surface area contributed by atoms with Crippen LogP contribution in [-0.2, 0) is 19.8 Å². The molecule has 0 amide bonds. The van der Waals surface area contributed by atoms with Gasteiger partial charge >= 0.3 is 11.9 Å². The minimum absolute atomic E-state index is 0.0451. The molecule has 1 aliphatic heterocycles. The van der Waals surface area contributed by atoms with Crippen molar-refractivity contribution in [1.29, 1.82) is 0 Å². The lowest BCUT2D eigenvalue weighted by Gasteiger charge is -2.26. The molecule has 0 saturated heterocycles. The molecule has 0 radical (unpaired) electrons. The monoisotopic (exact) mass is 422 g/mol. The fraction of sp³-hybridized carbons (Fsp3) is 0.333. The molecule has 152 valence electrons. The number of aromatic nitrogens is 5. The van der Waals surface area contributed by atoms with E-state index in [9.17, 15) is 18.0 Å². The number of nitrogens with zero attached hydrogens (tertiary/aromatic N) is 6. The van der Waals surface area contributed by atoms with Crippen LogP contribution < -0.4 is 10.6 Å². The molecular formula is C18H17F3N6OS. The maximum absolute atomic E-state index is 12.7. The Balaban J connectivity index is 1.46. The predicted molar refractivity (Wildman–Crippen MR) is 103 cm³/mol. The zero-order valence-corrected chi connectivity index (χ0v) is 16.2. The van der Waals surface area contributed by atoms with E-state index >= 15 is 0 Å². The van der Waals surface area contributed by atoms with Crippen molar-refractivity contribution < 1.29 is 13.2 Å². The number of rotatable bonds is 4. The smallest absolute Gasteiger partial charge is 0.351 e. The number of anilines is 1. The van der Waals surface area contributed by atoms with Gasteiger partial charge in [0.2, 0.25) is 0 Å². The maximum Gasteiger partial charge on any atom is 0.425 e. The van der Waals surface area contributed by atoms with Gasteiger partial charge in [-0.05, 0) is 30.2 Å². The van der Waals surface area contributed by atoms with Gasteiger partial charge < -0.3 is 4.90 Å². The van der Waals surface area contributed by atoms with E-state index in [1.807, 2.05) is 30.3 Å². The highest BCUT2D eigenvalue weighted by Crippen LogP contribution is 2.34. The zero-order valence-electron chi connectivity index (χ0n) is 15.4. The molecule has 0 saturated carbocycles. The Kier molecular flexibility index (Phi) is 4.99. The third kappa shape index (κ3) is 4.24. The molecule has 11 heteroatoms. The summed E-state index contributed by atoms with van der Waals surface area (Å²) in [5.74, 6) is 0.449. The van der Waals surface area contributed by atoms with Crippen LogP contribution >= 0.6 is 11.3 Å². The summed E-state index contributed by atoms with van der Waals surface area (Å²) in [7, 11) is 1.86. The summed E-state index contributed by atoms with van der Waals surface area (Å²) >= 11 is 0.597. The minimum atomic E-state index is -4.39. The molecule has 4 rings (SSSR count). The van der Waals surface area contributed by atoms with Crippen LogP contribution in [0.3, 0.4) is 0 Å².